The molecule has 1 heterocycles. The number of methoxy groups -OCH3 is 1. The summed E-state index contributed by atoms with van der Waals surface area (Å²) in [6.07, 6.45) is -2.64. The minimum atomic E-state index is -1.16. The van der Waals surface area contributed by atoms with Gasteiger partial charge in [-0.2, -0.15) is 0 Å². The molecule has 6 unspecified atom stereocenters. The van der Waals surface area contributed by atoms with Gasteiger partial charge in [-0.3, -0.25) is 24.0 Å². The number of amides is 2. The first-order valence-corrected chi connectivity index (χ1v) is 18.4. The largest absolute Gasteiger partial charge is 0.507 e. The molecule has 6 atom stereocenters. The quantitative estimate of drug-likeness (QED) is 0.0969. The highest BCUT2D eigenvalue weighted by atomic mass is 16.6. The second-order valence-electron chi connectivity index (χ2n) is 14.1. The van der Waals surface area contributed by atoms with Gasteiger partial charge in [0.1, 0.15) is 42.6 Å². The molecule has 1 fully saturated rings. The lowest BCUT2D eigenvalue weighted by molar-refractivity contribution is -0.201. The van der Waals surface area contributed by atoms with Gasteiger partial charge >= 0.3 is 12.1 Å². The maximum absolute atomic E-state index is 13.1. The second-order valence-corrected chi connectivity index (χ2v) is 14.1. The van der Waals surface area contributed by atoms with Gasteiger partial charge in [0.05, 0.1) is 35.9 Å². The van der Waals surface area contributed by atoms with E-state index in [-0.39, 0.29) is 95.5 Å². The zero-order chi connectivity index (χ0) is 42.4. The minimum absolute atomic E-state index is 0.0239. The van der Waals surface area contributed by atoms with Gasteiger partial charge in [0.2, 0.25) is 11.7 Å². The van der Waals surface area contributed by atoms with Crippen molar-refractivity contribution < 1.29 is 73.6 Å². The summed E-state index contributed by atoms with van der Waals surface area (Å²) in [4.78, 5) is 72.5. The number of hydrogen-bond donors (Lipinski definition) is 9. The summed E-state index contributed by atoms with van der Waals surface area (Å²) in [7, 11) is 1.38. The fourth-order valence-electron chi connectivity index (χ4n) is 7.08. The monoisotopic (exact) mass is 807 g/mol. The number of phenolic OH excluding ortho intramolecular Hbond substituents is 2. The molecule has 18 heteroatoms. The number of aliphatic hydroxyl groups excluding tert-OH is 3. The lowest BCUT2D eigenvalue weighted by Crippen LogP contribution is -2.54. The number of ether oxygens (including phenoxy) is 3. The lowest BCUT2D eigenvalue weighted by atomic mass is 9.75. The molecule has 1 saturated heterocycles. The number of ketones is 3. The summed E-state index contributed by atoms with van der Waals surface area (Å²) in [6.45, 7) is 0.946. The van der Waals surface area contributed by atoms with Crippen molar-refractivity contribution in [2.24, 2.45) is 11.7 Å². The van der Waals surface area contributed by atoms with Crippen LogP contribution in [0.4, 0.5) is 10.5 Å². The third-order valence-electron chi connectivity index (χ3n) is 10.3. The number of aliphatic hydroxyl groups is 3. The van der Waals surface area contributed by atoms with Crippen LogP contribution in [0, 0.1) is 5.92 Å². The number of Topliss-reactive ketones (excluding diaryl/α,β-unsaturated/α-hetero) is 1. The van der Waals surface area contributed by atoms with Crippen LogP contribution in [-0.4, -0.2) is 110 Å². The predicted molar refractivity (Wildman–Crippen MR) is 201 cm³/mol. The number of aromatic hydroxyl groups is 2. The summed E-state index contributed by atoms with van der Waals surface area (Å²) in [5.74, 6) is -4.08. The molecule has 1 aliphatic heterocycles. The van der Waals surface area contributed by atoms with Crippen LogP contribution in [0.1, 0.15) is 81.1 Å². The topological polar surface area (TPSA) is 302 Å². The van der Waals surface area contributed by atoms with Crippen molar-refractivity contribution in [3.05, 3.63) is 81.4 Å². The zero-order valence-corrected chi connectivity index (χ0v) is 31.6. The summed E-state index contributed by atoms with van der Waals surface area (Å²) in [6, 6.07) is 9.35. The number of nitrogens with two attached hydrogens (primary N) is 1. The molecule has 3 aromatic carbocycles. The van der Waals surface area contributed by atoms with E-state index >= 15 is 0 Å². The van der Waals surface area contributed by atoms with E-state index in [0.29, 0.717) is 23.2 Å². The Morgan fingerprint density at radius 1 is 0.966 bits per heavy atom. The number of carbonyl (C=O) groups excluding carboxylic acids is 5. The third kappa shape index (κ3) is 9.43. The summed E-state index contributed by atoms with van der Waals surface area (Å²) < 4.78 is 15.4. The van der Waals surface area contributed by atoms with Gasteiger partial charge in [-0.1, -0.05) is 24.3 Å². The van der Waals surface area contributed by atoms with Crippen molar-refractivity contribution in [2.45, 2.75) is 82.6 Å². The van der Waals surface area contributed by atoms with Gasteiger partial charge in [-0.15, -0.1) is 0 Å². The van der Waals surface area contributed by atoms with Crippen LogP contribution in [0.25, 0.3) is 0 Å². The van der Waals surface area contributed by atoms with E-state index in [4.69, 9.17) is 30.2 Å². The van der Waals surface area contributed by atoms with Crippen molar-refractivity contribution >= 4 is 41.0 Å². The van der Waals surface area contributed by atoms with Gasteiger partial charge in [-0.05, 0) is 56.4 Å². The maximum atomic E-state index is 13.1. The standard InChI is InChI=1S/C21H18O7.C19H27N3O8/c1-28-14-4-2-3-11-15(14)21(27)17-16(19(11)25)20(26)12-7-9(13(23)8-22)5-6-10(12)18(17)24;1-10-17(25)14(8-16(24)30-10)22-19(28)29-9-11-2-4-12(5-3-11)21-15(23)7-6-13(20)18(26)27/h2-4,9,22,24,26H,5-8H2,1H3;2-5,10,13-14,16-17,24-25H,6-9,20H2,1H3,(H,21,23)(H,22,28)(H,26,27). The van der Waals surface area contributed by atoms with Crippen LogP contribution in [-0.2, 0) is 43.3 Å². The number of carboxylic acids is 1. The average Bonchev–Trinajstić information content (AvgIpc) is 3.21. The molecule has 310 valence electrons. The Hall–Kier alpha value is -5.92. The molecular weight excluding hydrogens is 762 g/mol. The van der Waals surface area contributed by atoms with E-state index in [1.807, 2.05) is 0 Å². The molecule has 18 nitrogen and oxygen atoms in total. The Bertz CT molecular complexity index is 2090. The molecule has 10 N–H and O–H groups in total. The van der Waals surface area contributed by atoms with Gasteiger partial charge in [0.25, 0.3) is 0 Å². The molecule has 0 radical (unpaired) electrons. The fraction of sp³-hybridized carbons (Fsp3) is 0.400. The molecule has 0 saturated carbocycles. The summed E-state index contributed by atoms with van der Waals surface area (Å²) >= 11 is 0. The van der Waals surface area contributed by atoms with Crippen molar-refractivity contribution in [3.8, 4) is 17.2 Å². The molecule has 58 heavy (non-hydrogen) atoms. The predicted octanol–water partition coefficient (Wildman–Crippen LogP) is 1.45. The van der Waals surface area contributed by atoms with E-state index in [1.54, 1.807) is 43.3 Å². The van der Waals surface area contributed by atoms with Crippen molar-refractivity contribution in [2.75, 3.05) is 19.0 Å². The van der Waals surface area contributed by atoms with E-state index in [9.17, 15) is 49.2 Å². The highest BCUT2D eigenvalue weighted by molar-refractivity contribution is 6.31. The van der Waals surface area contributed by atoms with Crippen LogP contribution >= 0.6 is 0 Å². The van der Waals surface area contributed by atoms with Crippen molar-refractivity contribution in [1.82, 2.24) is 5.32 Å². The fourth-order valence-corrected chi connectivity index (χ4v) is 7.08. The Kier molecular flexibility index (Phi) is 13.8. The molecule has 0 aromatic heterocycles. The number of alkyl carbamates (subject to hydrolysis) is 1. The van der Waals surface area contributed by atoms with Gasteiger partial charge < -0.3 is 61.2 Å². The Morgan fingerprint density at radius 2 is 1.64 bits per heavy atom. The van der Waals surface area contributed by atoms with E-state index in [1.165, 1.54) is 13.2 Å². The number of benzene rings is 3. The number of rotatable bonds is 11. The molecule has 2 aliphatic carbocycles. The first-order valence-electron chi connectivity index (χ1n) is 18.4. The Balaban J connectivity index is 0.000000221. The number of carboxylic acid groups (broad SMARTS) is 1. The highest BCUT2D eigenvalue weighted by Crippen LogP contribution is 2.47. The van der Waals surface area contributed by atoms with Crippen LogP contribution in [0.3, 0.4) is 0 Å². The van der Waals surface area contributed by atoms with E-state index < -0.39 is 66.7 Å². The number of anilines is 1. The van der Waals surface area contributed by atoms with Gasteiger partial charge in [0.15, 0.2) is 17.9 Å². The zero-order valence-electron chi connectivity index (χ0n) is 31.6. The highest BCUT2D eigenvalue weighted by Gasteiger charge is 2.41. The average molecular weight is 808 g/mol. The van der Waals surface area contributed by atoms with Crippen LogP contribution in [0.5, 0.6) is 17.2 Å². The lowest BCUT2D eigenvalue weighted by Gasteiger charge is -2.35. The summed E-state index contributed by atoms with van der Waals surface area (Å²) in [5.41, 5.74) is 6.83. The van der Waals surface area contributed by atoms with E-state index in [2.05, 4.69) is 10.6 Å². The molecule has 3 aliphatic rings. The number of phenols is 2. The number of aliphatic carboxylic acids is 1. The molecular formula is C40H45N3O15. The van der Waals surface area contributed by atoms with E-state index in [0.717, 1.165) is 0 Å². The SMILES string of the molecule is CC1OC(O)CC(NC(=O)OCc2ccc(NC(=O)CCC(N)C(=O)O)cc2)C1O.COc1cccc2c1C(=O)c1c(O)c3c(c(O)c1C2=O)CC(C(=O)CO)CC3. The van der Waals surface area contributed by atoms with Crippen LogP contribution in [0.2, 0.25) is 0 Å². The molecule has 3 aromatic rings. The first-order chi connectivity index (χ1) is 27.6. The molecule has 6 rings (SSSR count). The van der Waals surface area contributed by atoms with Crippen LogP contribution < -0.4 is 21.1 Å². The molecule has 2 amide bonds. The maximum Gasteiger partial charge on any atom is 0.407 e. The van der Waals surface area contributed by atoms with Crippen molar-refractivity contribution in [1.29, 1.82) is 0 Å². The van der Waals surface area contributed by atoms with Gasteiger partial charge in [-0.25, -0.2) is 4.79 Å². The number of nitrogens with one attached hydrogen (secondary N) is 2. The third-order valence-corrected chi connectivity index (χ3v) is 10.3. The van der Waals surface area contributed by atoms with Crippen molar-refractivity contribution in [3.63, 3.8) is 0 Å². The van der Waals surface area contributed by atoms with Gasteiger partial charge in [0, 0.05) is 41.1 Å². The summed E-state index contributed by atoms with van der Waals surface area (Å²) in [5, 5.41) is 64.2. The number of carbonyl (C=O) groups is 6. The molecule has 0 spiro atoms. The smallest absolute Gasteiger partial charge is 0.407 e. The molecule has 0 bridgehead atoms. The normalized spacial score (nSPS) is 21.2. The number of hydrogen-bond acceptors (Lipinski definition) is 15. The van der Waals surface area contributed by atoms with Crippen LogP contribution in [0.15, 0.2) is 42.5 Å². The Labute approximate surface area is 331 Å². The Morgan fingerprint density at radius 3 is 2.29 bits per heavy atom. The first kappa shape index (κ1) is 43.2. The second kappa shape index (κ2) is 18.6. The number of fused-ring (bicyclic) bond motifs is 3. The minimum Gasteiger partial charge on any atom is -0.507 e.